The summed E-state index contributed by atoms with van der Waals surface area (Å²) in [6.07, 6.45) is 10.8. The average Bonchev–Trinajstić information content (AvgIpc) is 2.97. The van der Waals surface area contributed by atoms with E-state index in [0.717, 1.165) is 38.5 Å². The van der Waals surface area contributed by atoms with Crippen molar-refractivity contribution >= 4 is 11.9 Å². The molecular weight excluding hydrogens is 266 g/mol. The molecule has 21 heavy (non-hydrogen) atoms. The van der Waals surface area contributed by atoms with Crippen LogP contribution in [0.3, 0.4) is 0 Å². The van der Waals surface area contributed by atoms with Gasteiger partial charge in [-0.2, -0.15) is 0 Å². The van der Waals surface area contributed by atoms with E-state index < -0.39 is 6.04 Å². The highest BCUT2D eigenvalue weighted by Gasteiger charge is 2.34. The third-order valence-electron chi connectivity index (χ3n) is 3.74. The number of amides is 1. The van der Waals surface area contributed by atoms with Crippen LogP contribution in [0.15, 0.2) is 25.3 Å². The van der Waals surface area contributed by atoms with Gasteiger partial charge in [-0.3, -0.25) is 4.79 Å². The van der Waals surface area contributed by atoms with Gasteiger partial charge in [-0.1, -0.05) is 31.6 Å². The number of allylic oxidation sites excluding steroid dienone is 1. The molecule has 0 spiro atoms. The number of hydrogen-bond acceptors (Lipinski definition) is 3. The lowest BCUT2D eigenvalue weighted by Gasteiger charge is -2.23. The first kappa shape index (κ1) is 17.5. The Labute approximate surface area is 127 Å². The summed E-state index contributed by atoms with van der Waals surface area (Å²) in [6, 6.07) is -0.391. The minimum Gasteiger partial charge on any atom is -0.460 e. The van der Waals surface area contributed by atoms with Gasteiger partial charge in [0.25, 0.3) is 0 Å². The van der Waals surface area contributed by atoms with Gasteiger partial charge in [-0.05, 0) is 32.1 Å². The van der Waals surface area contributed by atoms with Gasteiger partial charge < -0.3 is 9.64 Å². The molecular formula is C17H27NO3. The van der Waals surface area contributed by atoms with E-state index in [0.29, 0.717) is 19.4 Å². The Bertz CT molecular complexity index is 365. The SMILES string of the molecule is C=CCCCCCCC(=O)N1CCC[C@H]1C(=O)OCC=C. The topological polar surface area (TPSA) is 46.6 Å². The van der Waals surface area contributed by atoms with Gasteiger partial charge in [-0.15, -0.1) is 6.58 Å². The van der Waals surface area contributed by atoms with E-state index in [-0.39, 0.29) is 18.5 Å². The predicted molar refractivity (Wildman–Crippen MR) is 83.8 cm³/mol. The smallest absolute Gasteiger partial charge is 0.329 e. The van der Waals surface area contributed by atoms with Crippen molar-refractivity contribution in [1.29, 1.82) is 0 Å². The number of hydrogen-bond donors (Lipinski definition) is 0. The third kappa shape index (κ3) is 6.15. The number of unbranched alkanes of at least 4 members (excludes halogenated alkanes) is 4. The van der Waals surface area contributed by atoms with Crippen LogP contribution in [0.2, 0.25) is 0 Å². The van der Waals surface area contributed by atoms with Crippen molar-refractivity contribution in [3.8, 4) is 0 Å². The van der Waals surface area contributed by atoms with Crippen LogP contribution in [-0.4, -0.2) is 36.0 Å². The molecule has 0 aromatic carbocycles. The molecule has 1 heterocycles. The Balaban J connectivity index is 2.29. The molecule has 1 atom stereocenters. The van der Waals surface area contributed by atoms with Gasteiger partial charge in [-0.25, -0.2) is 4.79 Å². The van der Waals surface area contributed by atoms with Crippen LogP contribution in [0, 0.1) is 0 Å². The number of carbonyl (C=O) groups excluding carboxylic acids is 2. The Morgan fingerprint density at radius 3 is 2.62 bits per heavy atom. The van der Waals surface area contributed by atoms with Crippen molar-refractivity contribution in [2.45, 2.75) is 57.4 Å². The summed E-state index contributed by atoms with van der Waals surface area (Å²) < 4.78 is 5.07. The predicted octanol–water partition coefficient (Wildman–Crippen LogP) is 3.23. The summed E-state index contributed by atoms with van der Waals surface area (Å²) >= 11 is 0. The van der Waals surface area contributed by atoms with Crippen LogP contribution in [0.25, 0.3) is 0 Å². The zero-order chi connectivity index (χ0) is 15.5. The van der Waals surface area contributed by atoms with Crippen LogP contribution in [-0.2, 0) is 14.3 Å². The van der Waals surface area contributed by atoms with Crippen molar-refractivity contribution in [1.82, 2.24) is 4.90 Å². The standard InChI is InChI=1S/C17H27NO3/c1-3-5-6-7-8-9-12-16(19)18-13-10-11-15(18)17(20)21-14-4-2/h3-4,15H,1-2,5-14H2/t15-/m0/s1. The Morgan fingerprint density at radius 1 is 1.14 bits per heavy atom. The van der Waals surface area contributed by atoms with Crippen LogP contribution < -0.4 is 0 Å². The lowest BCUT2D eigenvalue weighted by Crippen LogP contribution is -2.41. The van der Waals surface area contributed by atoms with Gasteiger partial charge in [0.1, 0.15) is 12.6 Å². The minimum atomic E-state index is -0.391. The van der Waals surface area contributed by atoms with Crippen LogP contribution in [0.1, 0.15) is 51.4 Å². The number of nitrogens with zero attached hydrogens (tertiary/aromatic N) is 1. The molecule has 0 aromatic heterocycles. The highest BCUT2D eigenvalue weighted by Crippen LogP contribution is 2.20. The molecule has 0 unspecified atom stereocenters. The summed E-state index contributed by atoms with van der Waals surface area (Å²) in [7, 11) is 0. The summed E-state index contributed by atoms with van der Waals surface area (Å²) in [5.74, 6) is -0.219. The molecule has 0 saturated carbocycles. The Hall–Kier alpha value is -1.58. The zero-order valence-corrected chi connectivity index (χ0v) is 12.9. The van der Waals surface area contributed by atoms with Crippen molar-refractivity contribution in [3.63, 3.8) is 0 Å². The highest BCUT2D eigenvalue weighted by molar-refractivity contribution is 5.85. The maximum Gasteiger partial charge on any atom is 0.329 e. The van der Waals surface area contributed by atoms with Crippen molar-refractivity contribution < 1.29 is 14.3 Å². The monoisotopic (exact) mass is 293 g/mol. The van der Waals surface area contributed by atoms with E-state index in [4.69, 9.17) is 4.74 Å². The molecule has 1 aliphatic heterocycles. The molecule has 4 heteroatoms. The van der Waals surface area contributed by atoms with Crippen LogP contribution in [0.4, 0.5) is 0 Å². The van der Waals surface area contributed by atoms with E-state index in [2.05, 4.69) is 13.2 Å². The Kier molecular flexibility index (Phi) is 8.48. The fraction of sp³-hybridized carbons (Fsp3) is 0.647. The van der Waals surface area contributed by atoms with E-state index in [1.54, 1.807) is 11.0 Å². The molecule has 0 aliphatic carbocycles. The number of likely N-dealkylation sites (tertiary alicyclic amines) is 1. The lowest BCUT2D eigenvalue weighted by atomic mass is 10.1. The maximum absolute atomic E-state index is 12.2. The number of ether oxygens (including phenoxy) is 1. The van der Waals surface area contributed by atoms with Gasteiger partial charge in [0.2, 0.25) is 5.91 Å². The molecule has 1 amide bonds. The molecule has 1 aliphatic rings. The first-order chi connectivity index (χ1) is 10.2. The van der Waals surface area contributed by atoms with Gasteiger partial charge in [0.05, 0.1) is 0 Å². The lowest BCUT2D eigenvalue weighted by molar-refractivity contribution is -0.152. The summed E-state index contributed by atoms with van der Waals surface area (Å²) in [4.78, 5) is 25.8. The van der Waals surface area contributed by atoms with E-state index in [1.807, 2.05) is 6.08 Å². The molecule has 118 valence electrons. The van der Waals surface area contributed by atoms with Crippen LogP contribution in [0.5, 0.6) is 0 Å². The largest absolute Gasteiger partial charge is 0.460 e. The molecule has 0 bridgehead atoms. The van der Waals surface area contributed by atoms with Gasteiger partial charge in [0.15, 0.2) is 0 Å². The quantitative estimate of drug-likeness (QED) is 0.353. The average molecular weight is 293 g/mol. The molecule has 1 rings (SSSR count). The fourth-order valence-electron chi connectivity index (χ4n) is 2.61. The summed E-state index contributed by atoms with van der Waals surface area (Å²) in [6.45, 7) is 8.09. The number of carbonyl (C=O) groups is 2. The fourth-order valence-corrected chi connectivity index (χ4v) is 2.61. The molecule has 0 radical (unpaired) electrons. The first-order valence-electron chi connectivity index (χ1n) is 7.88. The summed E-state index contributed by atoms with van der Waals surface area (Å²) in [5.41, 5.74) is 0. The molecule has 0 N–H and O–H groups in total. The van der Waals surface area contributed by atoms with E-state index >= 15 is 0 Å². The zero-order valence-electron chi connectivity index (χ0n) is 12.9. The second-order valence-electron chi connectivity index (χ2n) is 5.41. The maximum atomic E-state index is 12.2. The minimum absolute atomic E-state index is 0.0803. The van der Waals surface area contributed by atoms with Gasteiger partial charge >= 0.3 is 5.97 Å². The van der Waals surface area contributed by atoms with Crippen molar-refractivity contribution in [2.75, 3.05) is 13.2 Å². The van der Waals surface area contributed by atoms with Crippen molar-refractivity contribution in [3.05, 3.63) is 25.3 Å². The van der Waals surface area contributed by atoms with E-state index in [1.165, 1.54) is 0 Å². The second kappa shape index (κ2) is 10.2. The normalized spacial score (nSPS) is 17.5. The highest BCUT2D eigenvalue weighted by atomic mass is 16.5. The summed E-state index contributed by atoms with van der Waals surface area (Å²) in [5, 5.41) is 0. The number of esters is 1. The third-order valence-corrected chi connectivity index (χ3v) is 3.74. The van der Waals surface area contributed by atoms with Crippen molar-refractivity contribution in [2.24, 2.45) is 0 Å². The molecule has 0 aromatic rings. The first-order valence-corrected chi connectivity index (χ1v) is 7.88. The van der Waals surface area contributed by atoms with Gasteiger partial charge in [0, 0.05) is 13.0 Å². The second-order valence-corrected chi connectivity index (χ2v) is 5.41. The van der Waals surface area contributed by atoms with Crippen LogP contribution >= 0.6 is 0 Å². The Morgan fingerprint density at radius 2 is 1.90 bits per heavy atom. The number of rotatable bonds is 10. The molecule has 4 nitrogen and oxygen atoms in total. The van der Waals surface area contributed by atoms with E-state index in [9.17, 15) is 9.59 Å². The molecule has 1 saturated heterocycles. The molecule has 1 fully saturated rings.